The Kier molecular flexibility index (Phi) is 9.34. The number of rotatable bonds is 9. The first-order valence-corrected chi connectivity index (χ1v) is 10.6. The molecule has 0 atom stereocenters. The van der Waals surface area contributed by atoms with Gasteiger partial charge in [0, 0.05) is 13.2 Å². The van der Waals surface area contributed by atoms with Crippen LogP contribution < -0.4 is 0 Å². The summed E-state index contributed by atoms with van der Waals surface area (Å²) < 4.78 is 5.62. The van der Waals surface area contributed by atoms with Crippen molar-refractivity contribution in [3.63, 3.8) is 0 Å². The maximum atomic E-state index is 5.62. The molecule has 2 rings (SSSR count). The number of ether oxygens (including phenoxy) is 1. The first-order valence-electron chi connectivity index (χ1n) is 10.6. The number of hydrogen-bond donors (Lipinski definition) is 0. The zero-order chi connectivity index (χ0) is 16.3. The highest BCUT2D eigenvalue weighted by Gasteiger charge is 2.30. The van der Waals surface area contributed by atoms with E-state index in [9.17, 15) is 0 Å². The van der Waals surface area contributed by atoms with Crippen molar-refractivity contribution in [3.05, 3.63) is 12.2 Å². The Bertz CT molecular complexity index is 306. The first-order chi connectivity index (χ1) is 11.3. The smallest absolute Gasteiger partial charge is 0.0494 e. The van der Waals surface area contributed by atoms with Crippen LogP contribution in [0, 0.1) is 23.7 Å². The van der Waals surface area contributed by atoms with Gasteiger partial charge in [0.05, 0.1) is 0 Å². The van der Waals surface area contributed by atoms with Crippen LogP contribution in [0.4, 0.5) is 0 Å². The van der Waals surface area contributed by atoms with E-state index in [0.717, 1.165) is 36.9 Å². The third-order valence-corrected chi connectivity index (χ3v) is 6.31. The van der Waals surface area contributed by atoms with Crippen molar-refractivity contribution in [2.75, 3.05) is 13.2 Å². The lowest BCUT2D eigenvalue weighted by molar-refractivity contribution is 0.0727. The molecule has 1 heteroatoms. The van der Waals surface area contributed by atoms with E-state index in [0.29, 0.717) is 0 Å². The van der Waals surface area contributed by atoms with Crippen LogP contribution in [0.5, 0.6) is 0 Å². The van der Waals surface area contributed by atoms with Crippen molar-refractivity contribution in [3.8, 4) is 0 Å². The molecule has 0 bridgehead atoms. The molecule has 0 heterocycles. The molecule has 0 amide bonds. The zero-order valence-corrected chi connectivity index (χ0v) is 15.8. The second-order valence-corrected chi connectivity index (χ2v) is 8.04. The van der Waals surface area contributed by atoms with Gasteiger partial charge in [-0.3, -0.25) is 0 Å². The molecule has 0 aromatic heterocycles. The Balaban J connectivity index is 1.59. The monoisotopic (exact) mass is 320 g/mol. The molecule has 0 aromatic carbocycles. The van der Waals surface area contributed by atoms with Crippen molar-refractivity contribution < 1.29 is 4.74 Å². The largest absolute Gasteiger partial charge is 0.381 e. The Morgan fingerprint density at radius 2 is 1.48 bits per heavy atom. The maximum absolute atomic E-state index is 5.62. The second-order valence-electron chi connectivity index (χ2n) is 8.04. The fourth-order valence-electron chi connectivity index (χ4n) is 4.72. The minimum Gasteiger partial charge on any atom is -0.381 e. The highest BCUT2D eigenvalue weighted by molar-refractivity contribution is 4.92. The van der Waals surface area contributed by atoms with E-state index in [1.807, 2.05) is 0 Å². The van der Waals surface area contributed by atoms with E-state index < -0.39 is 0 Å². The molecule has 0 radical (unpaired) electrons. The number of unbranched alkanes of at least 4 members (excludes halogenated alkanes) is 3. The van der Waals surface area contributed by atoms with Gasteiger partial charge >= 0.3 is 0 Å². The van der Waals surface area contributed by atoms with Crippen LogP contribution in [0.3, 0.4) is 0 Å². The summed E-state index contributed by atoms with van der Waals surface area (Å²) in [4.78, 5) is 0. The van der Waals surface area contributed by atoms with Gasteiger partial charge in [-0.25, -0.2) is 0 Å². The molecule has 0 aromatic rings. The molecular weight excluding hydrogens is 280 g/mol. The summed E-state index contributed by atoms with van der Waals surface area (Å²) in [5.74, 6) is 3.81. The first kappa shape index (κ1) is 19.0. The topological polar surface area (TPSA) is 9.23 Å². The molecule has 0 unspecified atom stereocenters. The van der Waals surface area contributed by atoms with Gasteiger partial charge in [-0.1, -0.05) is 31.9 Å². The molecule has 2 aliphatic carbocycles. The number of hydrogen-bond acceptors (Lipinski definition) is 1. The average Bonchev–Trinajstić information content (AvgIpc) is 2.61. The second kappa shape index (κ2) is 11.3. The molecule has 23 heavy (non-hydrogen) atoms. The SMILES string of the molecule is CCCCCC=CC1CCC(C2CCC(COCC)CC2)CC1. The molecule has 0 spiro atoms. The van der Waals surface area contributed by atoms with Crippen LogP contribution in [-0.2, 0) is 4.74 Å². The summed E-state index contributed by atoms with van der Waals surface area (Å²) in [6.07, 6.45) is 22.1. The van der Waals surface area contributed by atoms with Crippen LogP contribution in [0.25, 0.3) is 0 Å². The minimum absolute atomic E-state index is 0.855. The lowest BCUT2D eigenvalue weighted by Gasteiger charge is -2.37. The Labute approximate surface area is 145 Å². The average molecular weight is 321 g/mol. The zero-order valence-electron chi connectivity index (χ0n) is 15.8. The van der Waals surface area contributed by atoms with Gasteiger partial charge in [0.25, 0.3) is 0 Å². The molecule has 0 saturated heterocycles. The molecule has 0 N–H and O–H groups in total. The van der Waals surface area contributed by atoms with E-state index >= 15 is 0 Å². The summed E-state index contributed by atoms with van der Waals surface area (Å²) in [6.45, 7) is 6.30. The fourth-order valence-corrected chi connectivity index (χ4v) is 4.72. The highest BCUT2D eigenvalue weighted by atomic mass is 16.5. The van der Waals surface area contributed by atoms with Crippen molar-refractivity contribution in [1.29, 1.82) is 0 Å². The normalized spacial score (nSPS) is 32.4. The summed E-state index contributed by atoms with van der Waals surface area (Å²) in [7, 11) is 0. The van der Waals surface area contributed by atoms with Gasteiger partial charge in [-0.15, -0.1) is 0 Å². The predicted octanol–water partition coefficient (Wildman–Crippen LogP) is 6.77. The van der Waals surface area contributed by atoms with E-state index in [1.54, 1.807) is 0 Å². The third-order valence-electron chi connectivity index (χ3n) is 6.31. The van der Waals surface area contributed by atoms with E-state index in [-0.39, 0.29) is 0 Å². The van der Waals surface area contributed by atoms with E-state index in [2.05, 4.69) is 26.0 Å². The van der Waals surface area contributed by atoms with Gasteiger partial charge in [0.1, 0.15) is 0 Å². The Hall–Kier alpha value is -0.300. The third kappa shape index (κ3) is 6.99. The van der Waals surface area contributed by atoms with Crippen molar-refractivity contribution in [2.24, 2.45) is 23.7 Å². The molecule has 2 saturated carbocycles. The minimum atomic E-state index is 0.855. The van der Waals surface area contributed by atoms with Crippen LogP contribution >= 0.6 is 0 Å². The molecule has 0 aliphatic heterocycles. The Morgan fingerprint density at radius 1 is 0.826 bits per heavy atom. The van der Waals surface area contributed by atoms with Crippen LogP contribution in [0.1, 0.15) is 90.9 Å². The highest BCUT2D eigenvalue weighted by Crippen LogP contribution is 2.41. The standard InChI is InChI=1S/C22H40O/c1-3-5-6-7-8-9-19-10-14-21(15-11-19)22-16-12-20(13-17-22)18-23-4-2/h8-9,19-22H,3-7,10-18H2,1-2H3. The quantitative estimate of drug-likeness (QED) is 0.336. The van der Waals surface area contributed by atoms with Crippen LogP contribution in [0.15, 0.2) is 12.2 Å². The molecule has 2 fully saturated rings. The lowest BCUT2D eigenvalue weighted by atomic mass is 9.69. The predicted molar refractivity (Wildman–Crippen MR) is 101 cm³/mol. The van der Waals surface area contributed by atoms with Gasteiger partial charge in [0.15, 0.2) is 0 Å². The van der Waals surface area contributed by atoms with Gasteiger partial charge in [-0.05, 0) is 94.8 Å². The van der Waals surface area contributed by atoms with Crippen molar-refractivity contribution in [2.45, 2.75) is 90.9 Å². The summed E-state index contributed by atoms with van der Waals surface area (Å²) in [6, 6.07) is 0. The Morgan fingerprint density at radius 3 is 2.09 bits per heavy atom. The number of allylic oxidation sites excluding steroid dienone is 2. The fraction of sp³-hybridized carbons (Fsp3) is 0.909. The van der Waals surface area contributed by atoms with Crippen molar-refractivity contribution in [1.82, 2.24) is 0 Å². The van der Waals surface area contributed by atoms with Crippen molar-refractivity contribution >= 4 is 0 Å². The van der Waals surface area contributed by atoms with E-state index in [1.165, 1.54) is 77.0 Å². The van der Waals surface area contributed by atoms with Gasteiger partial charge < -0.3 is 4.74 Å². The molecule has 2 aliphatic rings. The lowest BCUT2D eigenvalue weighted by Crippen LogP contribution is -2.26. The van der Waals surface area contributed by atoms with Gasteiger partial charge in [-0.2, -0.15) is 0 Å². The van der Waals surface area contributed by atoms with Crippen LogP contribution in [-0.4, -0.2) is 13.2 Å². The molecule has 134 valence electrons. The summed E-state index contributed by atoms with van der Waals surface area (Å²) >= 11 is 0. The molecular formula is C22H40O. The van der Waals surface area contributed by atoms with Gasteiger partial charge in [0.2, 0.25) is 0 Å². The maximum Gasteiger partial charge on any atom is 0.0494 e. The molecule has 1 nitrogen and oxygen atoms in total. The van der Waals surface area contributed by atoms with E-state index in [4.69, 9.17) is 4.74 Å². The summed E-state index contributed by atoms with van der Waals surface area (Å²) in [5.41, 5.74) is 0. The summed E-state index contributed by atoms with van der Waals surface area (Å²) in [5, 5.41) is 0. The van der Waals surface area contributed by atoms with Crippen LogP contribution in [0.2, 0.25) is 0 Å².